The van der Waals surface area contributed by atoms with Crippen LogP contribution in [-0.2, 0) is 9.59 Å². The number of hydrogen-bond acceptors (Lipinski definition) is 11. The van der Waals surface area contributed by atoms with Gasteiger partial charge in [0, 0.05) is 79.5 Å². The van der Waals surface area contributed by atoms with Gasteiger partial charge in [0.05, 0.1) is 23.0 Å². The van der Waals surface area contributed by atoms with Crippen LogP contribution in [0.1, 0.15) is 106 Å². The van der Waals surface area contributed by atoms with E-state index in [0.29, 0.717) is 45.7 Å². The molecule has 7 rings (SSSR count). The van der Waals surface area contributed by atoms with Crippen molar-refractivity contribution in [3.8, 4) is 17.6 Å². The first-order chi connectivity index (χ1) is 28.5. The molecule has 1 aromatic heterocycles. The highest BCUT2D eigenvalue weighted by Crippen LogP contribution is 2.55. The van der Waals surface area contributed by atoms with Crippen molar-refractivity contribution < 1.29 is 28.7 Å². The van der Waals surface area contributed by atoms with Gasteiger partial charge in [0.1, 0.15) is 47.3 Å². The molecule has 4 aliphatic rings. The van der Waals surface area contributed by atoms with E-state index < -0.39 is 22.8 Å². The van der Waals surface area contributed by atoms with Crippen molar-refractivity contribution in [2.24, 2.45) is 16.7 Å². The number of carbonyl (C=O) groups excluding carboxylic acids is 4. The van der Waals surface area contributed by atoms with Crippen molar-refractivity contribution in [1.82, 2.24) is 30.8 Å². The van der Waals surface area contributed by atoms with E-state index >= 15 is 0 Å². The zero-order chi connectivity index (χ0) is 42.9. The molecule has 2 saturated carbocycles. The monoisotopic (exact) mass is 838 g/mol. The molecule has 2 saturated heterocycles. The Hall–Kier alpha value is -5.26. The van der Waals surface area contributed by atoms with Gasteiger partial charge in [-0.25, -0.2) is 9.97 Å². The molecule has 0 bridgehead atoms. The number of anilines is 1. The van der Waals surface area contributed by atoms with E-state index in [2.05, 4.69) is 83.3 Å². The first-order valence-electron chi connectivity index (χ1n) is 20.9. The van der Waals surface area contributed by atoms with Crippen molar-refractivity contribution in [3.05, 3.63) is 76.7 Å². The lowest BCUT2D eigenvalue weighted by Gasteiger charge is -2.63. The fraction of sp³-hybridized carbons (Fsp3) is 0.533. The van der Waals surface area contributed by atoms with Gasteiger partial charge in [0.25, 0.3) is 11.8 Å². The van der Waals surface area contributed by atoms with Crippen LogP contribution >= 0.6 is 11.6 Å². The topological polar surface area (TPSA) is 179 Å². The molecular weight excluding hydrogens is 784 g/mol. The number of piperidine rings is 2. The molecule has 2 aromatic carbocycles. The molecule has 2 aliphatic carbocycles. The summed E-state index contributed by atoms with van der Waals surface area (Å²) in [6, 6.07) is 14.0. The zero-order valence-corrected chi connectivity index (χ0v) is 35.9. The standard InChI is InChI=1S/C45H55ClN8O6/c1-26(2)54(30-19-33(20-30)59-31-9-7-8-28(18-31)39(56)50-35-12-13-38(55)51-40(35)57)25-27-14-16-53(17-15-27)37-24-48-36(23-49-37)41(58)52-42-44(3,4)43(45(42,5)6)60-32-11-10-29(22-47)34(46)21-32/h7-11,18,21,23-24,26-27,30,33,35,42-43H,12-17,19-20,25H2,1-6H3,(H,50,56)(H,52,58)(H,51,55,57). The average Bonchev–Trinajstić information content (AvgIpc) is 3.20. The number of imide groups is 1. The number of aromatic nitrogens is 2. The summed E-state index contributed by atoms with van der Waals surface area (Å²) in [4.78, 5) is 63.9. The molecule has 2 aliphatic heterocycles. The highest BCUT2D eigenvalue weighted by Gasteiger charge is 2.64. The number of nitrogens with one attached hydrogen (secondary N) is 3. The minimum absolute atomic E-state index is 0.0490. The second kappa shape index (κ2) is 17.4. The van der Waals surface area contributed by atoms with E-state index in [-0.39, 0.29) is 54.5 Å². The Morgan fingerprint density at radius 3 is 2.32 bits per heavy atom. The molecule has 0 radical (unpaired) electrons. The summed E-state index contributed by atoms with van der Waals surface area (Å²) in [6.45, 7) is 15.5. The van der Waals surface area contributed by atoms with Gasteiger partial charge in [-0.05, 0) is 69.4 Å². The highest BCUT2D eigenvalue weighted by atomic mass is 35.5. The summed E-state index contributed by atoms with van der Waals surface area (Å²) in [5, 5.41) is 17.7. The van der Waals surface area contributed by atoms with Crippen molar-refractivity contribution in [2.45, 2.75) is 116 Å². The third kappa shape index (κ3) is 9.07. The molecule has 1 atom stereocenters. The predicted octanol–water partition coefficient (Wildman–Crippen LogP) is 5.69. The summed E-state index contributed by atoms with van der Waals surface area (Å²) in [6.07, 6.45) is 7.42. The SMILES string of the molecule is CC(C)N(CC1CCN(c2cnc(C(=O)NC3C(C)(C)C(Oc4ccc(C#N)c(Cl)c4)C3(C)C)cn2)CC1)C1CC(Oc2cccc(C(=O)NC3CCC(=O)NC3=O)c2)C1. The average molecular weight is 839 g/mol. The second-order valence-corrected chi connectivity index (χ2v) is 18.6. The number of nitrogens with zero attached hydrogens (tertiary/aromatic N) is 5. The van der Waals surface area contributed by atoms with E-state index in [4.69, 9.17) is 21.1 Å². The van der Waals surface area contributed by atoms with Gasteiger partial charge in [-0.3, -0.25) is 29.4 Å². The molecule has 0 spiro atoms. The molecule has 4 amide bonds. The van der Waals surface area contributed by atoms with Crippen LogP contribution in [0, 0.1) is 28.1 Å². The molecule has 3 aromatic rings. The van der Waals surface area contributed by atoms with E-state index in [1.165, 1.54) is 0 Å². The lowest BCUT2D eigenvalue weighted by molar-refractivity contribution is -0.164. The van der Waals surface area contributed by atoms with Gasteiger partial charge < -0.3 is 25.0 Å². The number of nitriles is 1. The molecule has 14 nitrogen and oxygen atoms in total. The van der Waals surface area contributed by atoms with Crippen molar-refractivity contribution >= 4 is 41.0 Å². The molecule has 3 N–H and O–H groups in total. The number of halogens is 1. The fourth-order valence-electron chi connectivity index (χ4n) is 9.71. The van der Waals surface area contributed by atoms with Gasteiger partial charge in [0.15, 0.2) is 0 Å². The van der Waals surface area contributed by atoms with Crippen molar-refractivity contribution in [1.29, 1.82) is 5.26 Å². The molecule has 15 heteroatoms. The molecule has 4 fully saturated rings. The minimum atomic E-state index is -0.734. The summed E-state index contributed by atoms with van der Waals surface area (Å²) < 4.78 is 12.7. The van der Waals surface area contributed by atoms with Crippen LogP contribution in [0.5, 0.6) is 11.5 Å². The number of benzene rings is 2. The predicted molar refractivity (Wildman–Crippen MR) is 226 cm³/mol. The van der Waals surface area contributed by atoms with Crippen LogP contribution in [0.3, 0.4) is 0 Å². The summed E-state index contributed by atoms with van der Waals surface area (Å²) in [5.41, 5.74) is 0.270. The first kappa shape index (κ1) is 42.8. The first-order valence-corrected chi connectivity index (χ1v) is 21.3. The van der Waals surface area contributed by atoms with E-state index in [9.17, 15) is 24.4 Å². The molecule has 60 heavy (non-hydrogen) atoms. The number of hydrogen-bond donors (Lipinski definition) is 3. The summed E-state index contributed by atoms with van der Waals surface area (Å²) >= 11 is 6.25. The Kier molecular flexibility index (Phi) is 12.4. The normalized spacial score (nSPS) is 24.7. The Labute approximate surface area is 356 Å². The maximum atomic E-state index is 13.4. The van der Waals surface area contributed by atoms with Crippen molar-refractivity contribution in [2.75, 3.05) is 24.5 Å². The third-order valence-corrected chi connectivity index (χ3v) is 13.2. The minimum Gasteiger partial charge on any atom is -0.490 e. The van der Waals surface area contributed by atoms with Crippen LogP contribution in [0.2, 0.25) is 5.02 Å². The van der Waals surface area contributed by atoms with Crippen LogP contribution < -0.4 is 30.3 Å². The number of rotatable bonds is 13. The highest BCUT2D eigenvalue weighted by molar-refractivity contribution is 6.31. The molecule has 3 heterocycles. The van der Waals surface area contributed by atoms with Crippen LogP contribution in [-0.4, -0.2) is 94.5 Å². The molecule has 1 unspecified atom stereocenters. The van der Waals surface area contributed by atoms with E-state index in [1.807, 2.05) is 6.07 Å². The molecule has 318 valence electrons. The number of carbonyl (C=O) groups is 4. The molecular formula is C45H55ClN8O6. The second-order valence-electron chi connectivity index (χ2n) is 18.2. The van der Waals surface area contributed by atoms with Crippen LogP contribution in [0.25, 0.3) is 0 Å². The quantitative estimate of drug-likeness (QED) is 0.180. The lowest BCUT2D eigenvalue weighted by Crippen LogP contribution is -2.74. The summed E-state index contributed by atoms with van der Waals surface area (Å²) in [7, 11) is 0. The fourth-order valence-corrected chi connectivity index (χ4v) is 9.92. The third-order valence-electron chi connectivity index (χ3n) is 12.9. The maximum Gasteiger partial charge on any atom is 0.271 e. The number of ether oxygens (including phenoxy) is 2. The van der Waals surface area contributed by atoms with Gasteiger partial charge >= 0.3 is 0 Å². The van der Waals surface area contributed by atoms with Gasteiger partial charge in [0.2, 0.25) is 11.8 Å². The lowest BCUT2D eigenvalue weighted by atomic mass is 9.49. The van der Waals surface area contributed by atoms with Gasteiger partial charge in [-0.15, -0.1) is 0 Å². The number of amides is 4. The summed E-state index contributed by atoms with van der Waals surface area (Å²) in [5.74, 6) is 1.04. The van der Waals surface area contributed by atoms with E-state index in [0.717, 1.165) is 51.1 Å². The Morgan fingerprint density at radius 1 is 0.967 bits per heavy atom. The largest absolute Gasteiger partial charge is 0.490 e. The van der Waals surface area contributed by atoms with Crippen LogP contribution in [0.15, 0.2) is 54.9 Å². The van der Waals surface area contributed by atoms with Crippen LogP contribution in [0.4, 0.5) is 5.82 Å². The maximum absolute atomic E-state index is 13.4. The Balaban J connectivity index is 0.854. The van der Waals surface area contributed by atoms with E-state index in [1.54, 1.807) is 48.8 Å². The van der Waals surface area contributed by atoms with Crippen molar-refractivity contribution in [3.63, 3.8) is 0 Å². The van der Waals surface area contributed by atoms with Gasteiger partial charge in [-0.1, -0.05) is 45.4 Å². The Bertz CT molecular complexity index is 2130. The van der Waals surface area contributed by atoms with Gasteiger partial charge in [-0.2, -0.15) is 5.26 Å². The smallest absolute Gasteiger partial charge is 0.271 e. The zero-order valence-electron chi connectivity index (χ0n) is 35.2. The Morgan fingerprint density at radius 2 is 1.68 bits per heavy atom.